The zero-order valence-electron chi connectivity index (χ0n) is 9.61. The summed E-state index contributed by atoms with van der Waals surface area (Å²) in [7, 11) is 1.19. The van der Waals surface area contributed by atoms with Gasteiger partial charge in [0.15, 0.2) is 0 Å². The molecule has 0 fully saturated rings. The summed E-state index contributed by atoms with van der Waals surface area (Å²) in [5.74, 6) is -0.590. The van der Waals surface area contributed by atoms with Gasteiger partial charge in [-0.1, -0.05) is 0 Å². The van der Waals surface area contributed by atoms with E-state index in [4.69, 9.17) is 11.0 Å². The van der Waals surface area contributed by atoms with Crippen molar-refractivity contribution in [2.45, 2.75) is 19.4 Å². The number of nitrogens with zero attached hydrogens (tertiary/aromatic N) is 2. The van der Waals surface area contributed by atoms with Gasteiger partial charge in [0, 0.05) is 12.1 Å². The largest absolute Gasteiger partial charge is 0.469 e. The molecule has 0 aliphatic rings. The normalized spacial score (nSPS) is 10.2. The van der Waals surface area contributed by atoms with Crippen LogP contribution in [0.2, 0.25) is 0 Å². The highest BCUT2D eigenvalue weighted by molar-refractivity contribution is 5.73. The number of carbonyl (C=O) groups is 1. The summed E-state index contributed by atoms with van der Waals surface area (Å²) in [6, 6.07) is 2.72. The predicted octanol–water partition coefficient (Wildman–Crippen LogP) is 1.07. The number of nitriles is 1. The first-order chi connectivity index (χ1) is 8.53. The van der Waals surface area contributed by atoms with Crippen molar-refractivity contribution in [2.24, 2.45) is 5.73 Å². The van der Waals surface area contributed by atoms with Gasteiger partial charge in [-0.05, 0) is 6.07 Å². The zero-order chi connectivity index (χ0) is 13.7. The number of ether oxygens (including phenoxy) is 1. The second kappa shape index (κ2) is 6.02. The fourth-order valence-corrected chi connectivity index (χ4v) is 1.44. The number of esters is 1. The average molecular weight is 255 g/mol. The van der Waals surface area contributed by atoms with Crippen LogP contribution in [0.3, 0.4) is 0 Å². The Morgan fingerprint density at radius 2 is 2.33 bits per heavy atom. The number of halogens is 2. The first kappa shape index (κ1) is 14.0. The van der Waals surface area contributed by atoms with Crippen LogP contribution >= 0.6 is 0 Å². The number of pyridine rings is 1. The lowest BCUT2D eigenvalue weighted by atomic mass is 10.0. The summed E-state index contributed by atoms with van der Waals surface area (Å²) in [5, 5.41) is 8.91. The molecule has 0 saturated heterocycles. The summed E-state index contributed by atoms with van der Waals surface area (Å²) in [5.41, 5.74) is 5.17. The third-order valence-corrected chi connectivity index (χ3v) is 2.32. The van der Waals surface area contributed by atoms with Crippen LogP contribution in [-0.4, -0.2) is 18.1 Å². The molecule has 0 atom stereocenters. The molecule has 0 bridgehead atoms. The Hall–Kier alpha value is -2.07. The lowest BCUT2D eigenvalue weighted by molar-refractivity contribution is -0.139. The standard InChI is InChI=1S/C11H11F2N3O2/c1-18-10(17)3-7-6(4-14)2-8(11(12)13)16-9(7)5-15/h2,11H,3,5,15H2,1H3. The minimum Gasteiger partial charge on any atom is -0.469 e. The van der Waals surface area contributed by atoms with Gasteiger partial charge in [-0.15, -0.1) is 0 Å². The topological polar surface area (TPSA) is 89.0 Å². The fraction of sp³-hybridized carbons (Fsp3) is 0.364. The van der Waals surface area contributed by atoms with Crippen molar-refractivity contribution >= 4 is 5.97 Å². The van der Waals surface area contributed by atoms with Crippen molar-refractivity contribution in [1.29, 1.82) is 5.26 Å². The summed E-state index contributed by atoms with van der Waals surface area (Å²) in [4.78, 5) is 14.8. The van der Waals surface area contributed by atoms with E-state index in [1.807, 2.05) is 0 Å². The van der Waals surface area contributed by atoms with Crippen LogP contribution in [-0.2, 0) is 22.5 Å². The Bertz CT molecular complexity index is 498. The molecular formula is C11H11F2N3O2. The number of hydrogen-bond donors (Lipinski definition) is 1. The summed E-state index contributed by atoms with van der Waals surface area (Å²) in [6.07, 6.45) is -3.02. The molecule has 5 nitrogen and oxygen atoms in total. The Balaban J connectivity index is 3.31. The number of hydrogen-bond acceptors (Lipinski definition) is 5. The van der Waals surface area contributed by atoms with Crippen molar-refractivity contribution < 1.29 is 18.3 Å². The van der Waals surface area contributed by atoms with Gasteiger partial charge in [0.25, 0.3) is 6.43 Å². The molecule has 96 valence electrons. The van der Waals surface area contributed by atoms with E-state index in [9.17, 15) is 13.6 Å². The van der Waals surface area contributed by atoms with Crippen LogP contribution in [0.25, 0.3) is 0 Å². The van der Waals surface area contributed by atoms with Gasteiger partial charge in [-0.25, -0.2) is 8.78 Å². The molecule has 0 unspecified atom stereocenters. The van der Waals surface area contributed by atoms with E-state index in [1.54, 1.807) is 6.07 Å². The summed E-state index contributed by atoms with van der Waals surface area (Å²) in [6.45, 7) is -0.137. The van der Waals surface area contributed by atoms with Crippen molar-refractivity contribution in [1.82, 2.24) is 4.98 Å². The molecule has 18 heavy (non-hydrogen) atoms. The molecule has 0 aliphatic carbocycles. The van der Waals surface area contributed by atoms with E-state index in [0.29, 0.717) is 0 Å². The maximum Gasteiger partial charge on any atom is 0.310 e. The van der Waals surface area contributed by atoms with Crippen LogP contribution in [0.15, 0.2) is 6.07 Å². The first-order valence-electron chi connectivity index (χ1n) is 5.01. The van der Waals surface area contributed by atoms with Crippen LogP contribution in [0.4, 0.5) is 8.78 Å². The molecular weight excluding hydrogens is 244 g/mol. The van der Waals surface area contributed by atoms with E-state index < -0.39 is 18.1 Å². The molecule has 1 aromatic heterocycles. The third-order valence-electron chi connectivity index (χ3n) is 2.32. The summed E-state index contributed by atoms with van der Waals surface area (Å²) >= 11 is 0. The van der Waals surface area contributed by atoms with Gasteiger partial charge < -0.3 is 10.5 Å². The monoisotopic (exact) mass is 255 g/mol. The van der Waals surface area contributed by atoms with Crippen molar-refractivity contribution in [3.8, 4) is 6.07 Å². The SMILES string of the molecule is COC(=O)Cc1c(C#N)cc(C(F)F)nc1CN. The molecule has 1 heterocycles. The van der Waals surface area contributed by atoms with Crippen LogP contribution in [0.1, 0.15) is 28.9 Å². The van der Waals surface area contributed by atoms with E-state index in [0.717, 1.165) is 6.07 Å². The highest BCUT2D eigenvalue weighted by Crippen LogP contribution is 2.22. The van der Waals surface area contributed by atoms with E-state index >= 15 is 0 Å². The molecule has 0 spiro atoms. The van der Waals surface area contributed by atoms with Gasteiger partial charge in [0.2, 0.25) is 0 Å². The van der Waals surface area contributed by atoms with Crippen LogP contribution in [0.5, 0.6) is 0 Å². The maximum absolute atomic E-state index is 12.6. The number of aromatic nitrogens is 1. The number of methoxy groups -OCH3 is 1. The molecule has 1 rings (SSSR count). The molecule has 7 heteroatoms. The van der Waals surface area contributed by atoms with E-state index in [-0.39, 0.29) is 29.8 Å². The van der Waals surface area contributed by atoms with Gasteiger partial charge in [-0.3, -0.25) is 9.78 Å². The lowest BCUT2D eigenvalue weighted by Crippen LogP contribution is -2.14. The third kappa shape index (κ3) is 2.99. The minimum atomic E-state index is -2.80. The number of nitrogens with two attached hydrogens (primary N) is 1. The average Bonchev–Trinajstić information content (AvgIpc) is 2.38. The number of alkyl halides is 2. The maximum atomic E-state index is 12.6. The second-order valence-electron chi connectivity index (χ2n) is 3.39. The van der Waals surface area contributed by atoms with Gasteiger partial charge >= 0.3 is 5.97 Å². The molecule has 0 aliphatic heterocycles. The Labute approximate surface area is 102 Å². The van der Waals surface area contributed by atoms with E-state index in [2.05, 4.69) is 9.72 Å². The number of rotatable bonds is 4. The van der Waals surface area contributed by atoms with Gasteiger partial charge in [0.05, 0.1) is 30.9 Å². The first-order valence-corrected chi connectivity index (χ1v) is 5.01. The molecule has 0 amide bonds. The Morgan fingerprint density at radius 1 is 1.67 bits per heavy atom. The van der Waals surface area contributed by atoms with Gasteiger partial charge in [0.1, 0.15) is 5.69 Å². The van der Waals surface area contributed by atoms with Crippen molar-refractivity contribution in [2.75, 3.05) is 7.11 Å². The van der Waals surface area contributed by atoms with E-state index in [1.165, 1.54) is 7.11 Å². The second-order valence-corrected chi connectivity index (χ2v) is 3.39. The Kier molecular flexibility index (Phi) is 4.68. The van der Waals surface area contributed by atoms with Crippen molar-refractivity contribution in [3.05, 3.63) is 28.6 Å². The smallest absolute Gasteiger partial charge is 0.310 e. The molecule has 0 saturated carbocycles. The van der Waals surface area contributed by atoms with Crippen molar-refractivity contribution in [3.63, 3.8) is 0 Å². The predicted molar refractivity (Wildman–Crippen MR) is 57.5 cm³/mol. The van der Waals surface area contributed by atoms with Gasteiger partial charge in [-0.2, -0.15) is 5.26 Å². The fourth-order valence-electron chi connectivity index (χ4n) is 1.44. The highest BCUT2D eigenvalue weighted by Gasteiger charge is 2.19. The molecule has 1 aromatic rings. The quantitative estimate of drug-likeness (QED) is 0.813. The highest BCUT2D eigenvalue weighted by atomic mass is 19.3. The minimum absolute atomic E-state index is 0.0360. The molecule has 0 radical (unpaired) electrons. The van der Waals surface area contributed by atoms with Crippen LogP contribution in [0, 0.1) is 11.3 Å². The molecule has 0 aromatic carbocycles. The van der Waals surface area contributed by atoms with Crippen LogP contribution < -0.4 is 5.73 Å². The molecule has 2 N–H and O–H groups in total. The number of carbonyl (C=O) groups excluding carboxylic acids is 1. The zero-order valence-corrected chi connectivity index (χ0v) is 9.61. The lowest BCUT2D eigenvalue weighted by Gasteiger charge is -2.10. The Morgan fingerprint density at radius 3 is 2.78 bits per heavy atom. The summed E-state index contributed by atoms with van der Waals surface area (Å²) < 4.78 is 29.6.